The standard InChI is InChI=1S/C14H25NO3/c1-12(2)11-15-14(5-9-17-10-6-14)18-13(12)3-7-16-8-4-13/h15H,3-11H2,1-2H3. The Kier molecular flexibility index (Phi) is 3.17. The average Bonchev–Trinajstić information content (AvgIpc) is 2.38. The van der Waals surface area contributed by atoms with Crippen LogP contribution in [0.1, 0.15) is 39.5 Å². The van der Waals surface area contributed by atoms with E-state index in [4.69, 9.17) is 14.2 Å². The first kappa shape index (κ1) is 12.9. The van der Waals surface area contributed by atoms with Crippen LogP contribution in [0.2, 0.25) is 0 Å². The van der Waals surface area contributed by atoms with Crippen LogP contribution in [0.5, 0.6) is 0 Å². The molecule has 0 bridgehead atoms. The molecule has 3 heterocycles. The van der Waals surface area contributed by atoms with Crippen LogP contribution in [0.3, 0.4) is 0 Å². The van der Waals surface area contributed by atoms with Gasteiger partial charge >= 0.3 is 0 Å². The molecule has 3 aliphatic rings. The Morgan fingerprint density at radius 1 is 0.833 bits per heavy atom. The molecule has 0 aromatic rings. The van der Waals surface area contributed by atoms with Gasteiger partial charge in [-0.1, -0.05) is 13.8 Å². The average molecular weight is 255 g/mol. The van der Waals surface area contributed by atoms with Gasteiger partial charge in [0.15, 0.2) is 0 Å². The fourth-order valence-corrected chi connectivity index (χ4v) is 3.55. The van der Waals surface area contributed by atoms with Gasteiger partial charge in [-0.05, 0) is 0 Å². The summed E-state index contributed by atoms with van der Waals surface area (Å²) in [6.07, 6.45) is 3.96. The van der Waals surface area contributed by atoms with Gasteiger partial charge in [0.05, 0.1) is 18.8 Å². The van der Waals surface area contributed by atoms with E-state index in [1.165, 1.54) is 0 Å². The van der Waals surface area contributed by atoms with Crippen molar-refractivity contribution in [3.8, 4) is 0 Å². The molecule has 0 unspecified atom stereocenters. The summed E-state index contributed by atoms with van der Waals surface area (Å²) in [4.78, 5) is 0. The topological polar surface area (TPSA) is 39.7 Å². The van der Waals surface area contributed by atoms with E-state index in [1.807, 2.05) is 0 Å². The molecule has 104 valence electrons. The van der Waals surface area contributed by atoms with Crippen LogP contribution in [0, 0.1) is 5.41 Å². The van der Waals surface area contributed by atoms with Gasteiger partial charge in [-0.2, -0.15) is 0 Å². The van der Waals surface area contributed by atoms with Crippen molar-refractivity contribution in [1.82, 2.24) is 5.32 Å². The minimum Gasteiger partial charge on any atom is -0.381 e. The second kappa shape index (κ2) is 4.44. The summed E-state index contributed by atoms with van der Waals surface area (Å²) in [5.74, 6) is 0. The molecule has 0 atom stereocenters. The maximum absolute atomic E-state index is 6.69. The molecule has 3 saturated heterocycles. The SMILES string of the molecule is CC1(C)CNC2(CCOCC2)OC12CCOCC2. The van der Waals surface area contributed by atoms with Gasteiger partial charge in [0.25, 0.3) is 0 Å². The molecule has 0 aromatic carbocycles. The lowest BCUT2D eigenvalue weighted by Gasteiger charge is -2.59. The lowest BCUT2D eigenvalue weighted by molar-refractivity contribution is -0.290. The molecule has 0 radical (unpaired) electrons. The van der Waals surface area contributed by atoms with Crippen molar-refractivity contribution >= 4 is 0 Å². The molecular weight excluding hydrogens is 230 g/mol. The van der Waals surface area contributed by atoms with E-state index in [9.17, 15) is 0 Å². The van der Waals surface area contributed by atoms with Crippen LogP contribution >= 0.6 is 0 Å². The van der Waals surface area contributed by atoms with E-state index in [2.05, 4.69) is 19.2 Å². The first-order chi connectivity index (χ1) is 8.58. The van der Waals surface area contributed by atoms with Gasteiger partial charge in [-0.25, -0.2) is 0 Å². The molecule has 2 spiro atoms. The highest BCUT2D eigenvalue weighted by Gasteiger charge is 2.55. The summed E-state index contributed by atoms with van der Waals surface area (Å²) in [7, 11) is 0. The maximum Gasteiger partial charge on any atom is 0.124 e. The molecule has 3 rings (SSSR count). The Balaban J connectivity index is 1.84. The molecule has 0 aliphatic carbocycles. The van der Waals surface area contributed by atoms with Crippen molar-refractivity contribution < 1.29 is 14.2 Å². The number of nitrogens with one attached hydrogen (secondary N) is 1. The molecular formula is C14H25NO3. The third-order valence-corrected chi connectivity index (χ3v) is 5.08. The number of hydrogen-bond donors (Lipinski definition) is 1. The Hall–Kier alpha value is -0.160. The third-order valence-electron chi connectivity index (χ3n) is 5.08. The van der Waals surface area contributed by atoms with E-state index in [0.29, 0.717) is 0 Å². The van der Waals surface area contributed by atoms with Crippen LogP contribution in [0.25, 0.3) is 0 Å². The molecule has 0 amide bonds. The fourth-order valence-electron chi connectivity index (χ4n) is 3.55. The molecule has 1 N–H and O–H groups in total. The van der Waals surface area contributed by atoms with E-state index in [0.717, 1.165) is 58.7 Å². The fraction of sp³-hybridized carbons (Fsp3) is 1.00. The van der Waals surface area contributed by atoms with Crippen LogP contribution < -0.4 is 5.32 Å². The minimum absolute atomic E-state index is 0.0200. The predicted octanol–water partition coefficient (Wildman–Crippen LogP) is 1.69. The number of hydrogen-bond acceptors (Lipinski definition) is 4. The van der Waals surface area contributed by atoms with E-state index < -0.39 is 0 Å². The normalized spacial score (nSPS) is 33.7. The highest BCUT2D eigenvalue weighted by Crippen LogP contribution is 2.48. The molecule has 3 fully saturated rings. The third kappa shape index (κ3) is 1.99. The van der Waals surface area contributed by atoms with Crippen molar-refractivity contribution in [2.24, 2.45) is 5.41 Å². The highest BCUT2D eigenvalue weighted by molar-refractivity contribution is 5.04. The summed E-state index contributed by atoms with van der Waals surface area (Å²) >= 11 is 0. The largest absolute Gasteiger partial charge is 0.381 e. The first-order valence-corrected chi connectivity index (χ1v) is 7.18. The van der Waals surface area contributed by atoms with E-state index >= 15 is 0 Å². The van der Waals surface area contributed by atoms with Gasteiger partial charge in [-0.3, -0.25) is 5.32 Å². The van der Waals surface area contributed by atoms with Crippen molar-refractivity contribution in [3.63, 3.8) is 0 Å². The highest BCUT2D eigenvalue weighted by atomic mass is 16.6. The predicted molar refractivity (Wildman–Crippen MR) is 68.4 cm³/mol. The molecule has 4 heteroatoms. The summed E-state index contributed by atoms with van der Waals surface area (Å²) in [6, 6.07) is 0. The lowest BCUT2D eigenvalue weighted by Crippen LogP contribution is -2.69. The quantitative estimate of drug-likeness (QED) is 0.715. The van der Waals surface area contributed by atoms with Crippen LogP contribution in [-0.4, -0.2) is 44.3 Å². The second-order valence-electron chi connectivity index (χ2n) is 6.55. The zero-order chi connectivity index (χ0) is 12.7. The molecule has 3 aliphatic heterocycles. The molecule has 4 nitrogen and oxygen atoms in total. The number of ether oxygens (including phenoxy) is 3. The lowest BCUT2D eigenvalue weighted by atomic mass is 9.68. The Bertz CT molecular complexity index is 304. The first-order valence-electron chi connectivity index (χ1n) is 7.18. The smallest absolute Gasteiger partial charge is 0.124 e. The summed E-state index contributed by atoms with van der Waals surface area (Å²) in [6.45, 7) is 8.92. The van der Waals surface area contributed by atoms with Crippen molar-refractivity contribution in [2.45, 2.75) is 50.9 Å². The van der Waals surface area contributed by atoms with Crippen LogP contribution in [-0.2, 0) is 14.2 Å². The zero-order valence-corrected chi connectivity index (χ0v) is 11.6. The summed E-state index contributed by atoms with van der Waals surface area (Å²) < 4.78 is 17.7. The van der Waals surface area contributed by atoms with Gasteiger partial charge in [0.2, 0.25) is 0 Å². The van der Waals surface area contributed by atoms with Crippen molar-refractivity contribution in [1.29, 1.82) is 0 Å². The molecule has 18 heavy (non-hydrogen) atoms. The van der Waals surface area contributed by atoms with Crippen LogP contribution in [0.4, 0.5) is 0 Å². The van der Waals surface area contributed by atoms with Gasteiger partial charge < -0.3 is 14.2 Å². The second-order valence-corrected chi connectivity index (χ2v) is 6.55. The van der Waals surface area contributed by atoms with Gasteiger partial charge in [0.1, 0.15) is 5.72 Å². The van der Waals surface area contributed by atoms with Crippen molar-refractivity contribution in [3.05, 3.63) is 0 Å². The summed E-state index contributed by atoms with van der Waals surface area (Å²) in [5, 5.41) is 3.65. The zero-order valence-electron chi connectivity index (χ0n) is 11.6. The summed E-state index contributed by atoms with van der Waals surface area (Å²) in [5.41, 5.74) is -0.000710. The maximum atomic E-state index is 6.69. The Labute approximate surface area is 109 Å². The minimum atomic E-state index is -0.148. The molecule has 0 saturated carbocycles. The molecule has 0 aromatic heterocycles. The van der Waals surface area contributed by atoms with Crippen LogP contribution in [0.15, 0.2) is 0 Å². The van der Waals surface area contributed by atoms with Gasteiger partial charge in [-0.15, -0.1) is 0 Å². The van der Waals surface area contributed by atoms with Crippen molar-refractivity contribution in [2.75, 3.05) is 33.0 Å². The van der Waals surface area contributed by atoms with E-state index in [1.54, 1.807) is 0 Å². The Morgan fingerprint density at radius 2 is 1.39 bits per heavy atom. The van der Waals surface area contributed by atoms with E-state index in [-0.39, 0.29) is 16.7 Å². The van der Waals surface area contributed by atoms with Gasteiger partial charge in [0, 0.05) is 50.9 Å². The number of rotatable bonds is 0. The monoisotopic (exact) mass is 255 g/mol. The Morgan fingerprint density at radius 3 is 2.00 bits per heavy atom.